The molecule has 0 aliphatic carbocycles. The van der Waals surface area contributed by atoms with Crippen molar-refractivity contribution in [1.29, 1.82) is 0 Å². The average molecular weight is 259 g/mol. The van der Waals surface area contributed by atoms with Crippen molar-refractivity contribution in [3.05, 3.63) is 35.9 Å². The normalized spacial score (nSPS) is 10.7. The molecule has 0 fully saturated rings. The summed E-state index contributed by atoms with van der Waals surface area (Å²) in [5.41, 5.74) is 2.76. The van der Waals surface area contributed by atoms with E-state index < -0.39 is 0 Å². The van der Waals surface area contributed by atoms with Crippen LogP contribution in [0, 0.1) is 6.92 Å². The lowest BCUT2D eigenvalue weighted by atomic mass is 10.1. The number of amides is 1. The van der Waals surface area contributed by atoms with Crippen molar-refractivity contribution in [1.82, 2.24) is 20.0 Å². The molecule has 6 heteroatoms. The third-order valence-corrected chi connectivity index (χ3v) is 2.78. The van der Waals surface area contributed by atoms with Gasteiger partial charge in [0.1, 0.15) is 6.54 Å². The number of aryl methyl sites for hydroxylation is 1. The Hall–Kier alpha value is -2.24. The highest BCUT2D eigenvalue weighted by atomic mass is 16.2. The SMILES string of the molecule is Cc1nn(CC(=O)Nc2ccnnc2)cc1C(C)C. The molecule has 0 aliphatic heterocycles. The molecular weight excluding hydrogens is 242 g/mol. The lowest BCUT2D eigenvalue weighted by Gasteiger charge is -2.04. The zero-order valence-electron chi connectivity index (χ0n) is 11.3. The van der Waals surface area contributed by atoms with Crippen molar-refractivity contribution in [2.24, 2.45) is 0 Å². The van der Waals surface area contributed by atoms with Gasteiger partial charge in [-0.1, -0.05) is 13.8 Å². The van der Waals surface area contributed by atoms with Crippen LogP contribution in [0.5, 0.6) is 0 Å². The van der Waals surface area contributed by atoms with Gasteiger partial charge < -0.3 is 5.32 Å². The van der Waals surface area contributed by atoms with E-state index in [2.05, 4.69) is 34.5 Å². The Labute approximate surface area is 111 Å². The highest BCUT2D eigenvalue weighted by Gasteiger charge is 2.10. The zero-order chi connectivity index (χ0) is 13.8. The molecule has 0 spiro atoms. The second-order valence-corrected chi connectivity index (χ2v) is 4.70. The number of anilines is 1. The molecular formula is C13H17N5O. The molecule has 0 unspecified atom stereocenters. The molecule has 2 aromatic heterocycles. The first-order chi connectivity index (χ1) is 9.06. The molecule has 1 N–H and O–H groups in total. The number of carbonyl (C=O) groups excluding carboxylic acids is 1. The molecule has 0 saturated heterocycles. The second kappa shape index (κ2) is 5.60. The van der Waals surface area contributed by atoms with E-state index >= 15 is 0 Å². The van der Waals surface area contributed by atoms with Gasteiger partial charge in [0.05, 0.1) is 23.8 Å². The number of nitrogens with zero attached hydrogens (tertiary/aromatic N) is 4. The molecule has 2 aromatic rings. The topological polar surface area (TPSA) is 72.7 Å². The maximum absolute atomic E-state index is 11.9. The van der Waals surface area contributed by atoms with Gasteiger partial charge in [-0.3, -0.25) is 9.48 Å². The summed E-state index contributed by atoms with van der Waals surface area (Å²) in [6, 6.07) is 1.69. The number of rotatable bonds is 4. The number of carbonyl (C=O) groups is 1. The fraction of sp³-hybridized carbons (Fsp3) is 0.385. The summed E-state index contributed by atoms with van der Waals surface area (Å²) in [6.45, 7) is 6.36. The summed E-state index contributed by atoms with van der Waals surface area (Å²) >= 11 is 0. The molecule has 0 bridgehead atoms. The van der Waals surface area contributed by atoms with E-state index in [1.54, 1.807) is 10.7 Å². The first-order valence-corrected chi connectivity index (χ1v) is 6.16. The van der Waals surface area contributed by atoms with Crippen LogP contribution in [0.25, 0.3) is 0 Å². The van der Waals surface area contributed by atoms with Gasteiger partial charge in [-0.15, -0.1) is 0 Å². The fourth-order valence-corrected chi connectivity index (χ4v) is 1.89. The van der Waals surface area contributed by atoms with Gasteiger partial charge in [-0.25, -0.2) is 0 Å². The number of nitrogens with one attached hydrogen (secondary N) is 1. The second-order valence-electron chi connectivity index (χ2n) is 4.70. The van der Waals surface area contributed by atoms with Gasteiger partial charge in [-0.2, -0.15) is 15.3 Å². The summed E-state index contributed by atoms with van der Waals surface area (Å²) in [6.07, 6.45) is 4.96. The molecule has 19 heavy (non-hydrogen) atoms. The van der Waals surface area contributed by atoms with Crippen LogP contribution < -0.4 is 5.32 Å². The molecule has 0 radical (unpaired) electrons. The predicted octanol–water partition coefficient (Wildman–Crippen LogP) is 1.74. The predicted molar refractivity (Wildman–Crippen MR) is 71.7 cm³/mol. The van der Waals surface area contributed by atoms with E-state index in [0.717, 1.165) is 5.69 Å². The molecule has 100 valence electrons. The van der Waals surface area contributed by atoms with E-state index in [-0.39, 0.29) is 12.5 Å². The van der Waals surface area contributed by atoms with Gasteiger partial charge in [0, 0.05) is 6.20 Å². The highest BCUT2D eigenvalue weighted by molar-refractivity contribution is 5.90. The van der Waals surface area contributed by atoms with Gasteiger partial charge >= 0.3 is 0 Å². The van der Waals surface area contributed by atoms with Crippen LogP contribution in [-0.2, 0) is 11.3 Å². The molecule has 0 atom stereocenters. The molecule has 1 amide bonds. The molecule has 6 nitrogen and oxygen atoms in total. The Morgan fingerprint density at radius 2 is 2.21 bits per heavy atom. The zero-order valence-corrected chi connectivity index (χ0v) is 11.3. The first kappa shape index (κ1) is 13.2. The lowest BCUT2D eigenvalue weighted by Crippen LogP contribution is -2.19. The van der Waals surface area contributed by atoms with E-state index in [1.165, 1.54) is 18.0 Å². The van der Waals surface area contributed by atoms with Crippen LogP contribution in [-0.4, -0.2) is 25.9 Å². The van der Waals surface area contributed by atoms with Crippen LogP contribution in [0.1, 0.15) is 31.0 Å². The Kier molecular flexibility index (Phi) is 3.89. The minimum Gasteiger partial charge on any atom is -0.323 e. The monoisotopic (exact) mass is 259 g/mol. The van der Waals surface area contributed by atoms with Gasteiger partial charge in [0.15, 0.2) is 0 Å². The van der Waals surface area contributed by atoms with E-state index in [0.29, 0.717) is 11.6 Å². The Morgan fingerprint density at radius 3 is 2.79 bits per heavy atom. The lowest BCUT2D eigenvalue weighted by molar-refractivity contribution is -0.116. The Bertz CT molecular complexity index is 562. The summed E-state index contributed by atoms with van der Waals surface area (Å²) in [5, 5.41) is 14.4. The Balaban J connectivity index is 2.01. The molecule has 2 heterocycles. The average Bonchev–Trinajstić information content (AvgIpc) is 2.71. The molecule has 0 aromatic carbocycles. The number of aromatic nitrogens is 4. The maximum atomic E-state index is 11.9. The Morgan fingerprint density at radius 1 is 1.42 bits per heavy atom. The first-order valence-electron chi connectivity index (χ1n) is 6.16. The van der Waals surface area contributed by atoms with Crippen LogP contribution in [0.3, 0.4) is 0 Å². The van der Waals surface area contributed by atoms with Gasteiger partial charge in [-0.05, 0) is 24.5 Å². The molecule has 0 aliphatic rings. The summed E-state index contributed by atoms with van der Waals surface area (Å²) in [5.74, 6) is 0.270. The van der Waals surface area contributed by atoms with Crippen molar-refractivity contribution in [3.63, 3.8) is 0 Å². The van der Waals surface area contributed by atoms with Crippen LogP contribution in [0.15, 0.2) is 24.7 Å². The van der Waals surface area contributed by atoms with Crippen molar-refractivity contribution < 1.29 is 4.79 Å². The highest BCUT2D eigenvalue weighted by Crippen LogP contribution is 2.17. The van der Waals surface area contributed by atoms with Crippen molar-refractivity contribution in [2.45, 2.75) is 33.2 Å². The quantitative estimate of drug-likeness (QED) is 0.907. The van der Waals surface area contributed by atoms with Crippen molar-refractivity contribution in [3.8, 4) is 0 Å². The minimum absolute atomic E-state index is 0.134. The van der Waals surface area contributed by atoms with Gasteiger partial charge in [0.25, 0.3) is 0 Å². The minimum atomic E-state index is -0.134. The largest absolute Gasteiger partial charge is 0.323 e. The molecule has 2 rings (SSSR count). The third kappa shape index (κ3) is 3.37. The van der Waals surface area contributed by atoms with Crippen LogP contribution in [0.2, 0.25) is 0 Å². The van der Waals surface area contributed by atoms with Crippen LogP contribution in [0.4, 0.5) is 5.69 Å². The third-order valence-electron chi connectivity index (χ3n) is 2.78. The van der Waals surface area contributed by atoms with E-state index in [1.807, 2.05) is 13.1 Å². The number of hydrogen-bond acceptors (Lipinski definition) is 4. The summed E-state index contributed by atoms with van der Waals surface area (Å²) in [7, 11) is 0. The maximum Gasteiger partial charge on any atom is 0.246 e. The fourth-order valence-electron chi connectivity index (χ4n) is 1.89. The molecule has 0 saturated carbocycles. The summed E-state index contributed by atoms with van der Waals surface area (Å²) in [4.78, 5) is 11.9. The summed E-state index contributed by atoms with van der Waals surface area (Å²) < 4.78 is 1.66. The smallest absolute Gasteiger partial charge is 0.246 e. The van der Waals surface area contributed by atoms with Crippen LogP contribution >= 0.6 is 0 Å². The van der Waals surface area contributed by atoms with Crippen molar-refractivity contribution >= 4 is 11.6 Å². The van der Waals surface area contributed by atoms with Crippen molar-refractivity contribution in [2.75, 3.05) is 5.32 Å². The van der Waals surface area contributed by atoms with E-state index in [9.17, 15) is 4.79 Å². The van der Waals surface area contributed by atoms with E-state index in [4.69, 9.17) is 0 Å². The van der Waals surface area contributed by atoms with Gasteiger partial charge in [0.2, 0.25) is 5.91 Å². The standard InChI is InChI=1S/C13H17N5O/c1-9(2)12-7-18(17-10(12)3)8-13(19)16-11-4-5-14-15-6-11/h4-7,9H,8H2,1-3H3,(H,14,16,19). The number of hydrogen-bond donors (Lipinski definition) is 1.